The SMILES string of the molecule is COC(=O)c1c(C)[nH]c(C(=O)[C@@H](C)OC(=O)CCOc2cccc(C)c2)c1C. The molecule has 0 unspecified atom stereocenters. The minimum absolute atomic E-state index is 0.0156. The molecule has 1 N–H and O–H groups in total. The van der Waals surface area contributed by atoms with Gasteiger partial charge in [0.2, 0.25) is 5.78 Å². The molecular formula is C21H25NO6. The van der Waals surface area contributed by atoms with Crippen LogP contribution in [0.25, 0.3) is 0 Å². The molecule has 0 aliphatic rings. The van der Waals surface area contributed by atoms with Gasteiger partial charge in [-0.05, 0) is 51.0 Å². The van der Waals surface area contributed by atoms with E-state index in [1.807, 2.05) is 25.1 Å². The molecule has 0 saturated heterocycles. The van der Waals surface area contributed by atoms with Crippen LogP contribution in [0, 0.1) is 20.8 Å². The quantitative estimate of drug-likeness (QED) is 0.552. The number of hydrogen-bond donors (Lipinski definition) is 1. The molecule has 1 atom stereocenters. The minimum Gasteiger partial charge on any atom is -0.493 e. The molecule has 0 amide bonds. The normalized spacial score (nSPS) is 11.6. The second-order valence-corrected chi connectivity index (χ2v) is 6.53. The first-order chi connectivity index (χ1) is 13.2. The van der Waals surface area contributed by atoms with Gasteiger partial charge in [-0.25, -0.2) is 4.79 Å². The summed E-state index contributed by atoms with van der Waals surface area (Å²) in [5.41, 5.74) is 2.60. The predicted molar refractivity (Wildman–Crippen MR) is 103 cm³/mol. The number of esters is 2. The number of aromatic nitrogens is 1. The molecule has 0 bridgehead atoms. The molecule has 2 aromatic rings. The van der Waals surface area contributed by atoms with Crippen LogP contribution in [0.2, 0.25) is 0 Å². The third kappa shape index (κ3) is 5.00. The summed E-state index contributed by atoms with van der Waals surface area (Å²) in [6, 6.07) is 7.49. The summed E-state index contributed by atoms with van der Waals surface area (Å²) < 4.78 is 15.5. The molecule has 0 saturated carbocycles. The smallest absolute Gasteiger partial charge is 0.339 e. The Bertz CT molecular complexity index is 883. The van der Waals surface area contributed by atoms with Gasteiger partial charge in [-0.15, -0.1) is 0 Å². The number of rotatable bonds is 8. The molecule has 0 aliphatic heterocycles. The Balaban J connectivity index is 1.93. The lowest BCUT2D eigenvalue weighted by molar-refractivity contribution is -0.146. The zero-order valence-corrected chi connectivity index (χ0v) is 16.8. The molecule has 150 valence electrons. The minimum atomic E-state index is -0.992. The van der Waals surface area contributed by atoms with Crippen LogP contribution in [-0.4, -0.2) is 42.5 Å². The van der Waals surface area contributed by atoms with Crippen molar-refractivity contribution in [2.24, 2.45) is 0 Å². The summed E-state index contributed by atoms with van der Waals surface area (Å²) in [6.07, 6.45) is -0.976. The first-order valence-electron chi connectivity index (χ1n) is 8.95. The maximum atomic E-state index is 12.6. The molecule has 2 rings (SSSR count). The average Bonchev–Trinajstić information content (AvgIpc) is 2.94. The molecule has 7 nitrogen and oxygen atoms in total. The third-order valence-electron chi connectivity index (χ3n) is 4.32. The van der Waals surface area contributed by atoms with Gasteiger partial charge >= 0.3 is 11.9 Å². The molecule has 28 heavy (non-hydrogen) atoms. The number of benzene rings is 1. The van der Waals surface area contributed by atoms with Crippen LogP contribution in [0.15, 0.2) is 24.3 Å². The number of methoxy groups -OCH3 is 1. The van der Waals surface area contributed by atoms with Crippen molar-refractivity contribution in [2.45, 2.75) is 40.2 Å². The highest BCUT2D eigenvalue weighted by atomic mass is 16.5. The number of ether oxygens (including phenoxy) is 3. The molecule has 1 aromatic carbocycles. The number of ketones is 1. The largest absolute Gasteiger partial charge is 0.493 e. The highest BCUT2D eigenvalue weighted by Gasteiger charge is 2.27. The second kappa shape index (κ2) is 9.21. The number of nitrogens with one attached hydrogen (secondary N) is 1. The van der Waals surface area contributed by atoms with Crippen molar-refractivity contribution in [3.8, 4) is 5.75 Å². The molecule has 1 heterocycles. The molecule has 0 fully saturated rings. The Morgan fingerprint density at radius 1 is 1.14 bits per heavy atom. The number of aryl methyl sites for hydroxylation is 2. The fourth-order valence-electron chi connectivity index (χ4n) is 2.87. The fraction of sp³-hybridized carbons (Fsp3) is 0.381. The number of hydrogen-bond acceptors (Lipinski definition) is 6. The summed E-state index contributed by atoms with van der Waals surface area (Å²) in [4.78, 5) is 39.4. The predicted octanol–water partition coefficient (Wildman–Crippen LogP) is 3.31. The van der Waals surface area contributed by atoms with Crippen LogP contribution < -0.4 is 4.74 Å². The number of H-pyrrole nitrogens is 1. The lowest BCUT2D eigenvalue weighted by Gasteiger charge is -2.13. The number of Topliss-reactive ketones (excluding diaryl/α,β-unsaturated/α-hetero) is 1. The number of carbonyl (C=O) groups excluding carboxylic acids is 3. The van der Waals surface area contributed by atoms with Gasteiger partial charge in [-0.3, -0.25) is 9.59 Å². The van der Waals surface area contributed by atoms with Gasteiger partial charge in [0.1, 0.15) is 5.75 Å². The monoisotopic (exact) mass is 387 g/mol. The lowest BCUT2D eigenvalue weighted by atomic mass is 10.1. The Hall–Kier alpha value is -3.09. The third-order valence-corrected chi connectivity index (χ3v) is 4.32. The van der Waals surface area contributed by atoms with Gasteiger partial charge in [0, 0.05) is 5.69 Å². The van der Waals surface area contributed by atoms with E-state index in [-0.39, 0.29) is 18.7 Å². The van der Waals surface area contributed by atoms with E-state index in [2.05, 4.69) is 4.98 Å². The van der Waals surface area contributed by atoms with Gasteiger partial charge < -0.3 is 19.2 Å². The maximum absolute atomic E-state index is 12.6. The Labute approximate surface area is 164 Å². The zero-order valence-electron chi connectivity index (χ0n) is 16.8. The van der Waals surface area contributed by atoms with Gasteiger partial charge in [-0.2, -0.15) is 0 Å². The summed E-state index contributed by atoms with van der Waals surface area (Å²) >= 11 is 0. The summed E-state index contributed by atoms with van der Waals surface area (Å²) in [5, 5.41) is 0. The molecule has 0 aliphatic carbocycles. The van der Waals surface area contributed by atoms with Gasteiger partial charge in [0.05, 0.1) is 31.4 Å². The average molecular weight is 387 g/mol. The maximum Gasteiger partial charge on any atom is 0.339 e. The molecule has 0 spiro atoms. The van der Waals surface area contributed by atoms with Crippen LogP contribution in [0.1, 0.15) is 51.0 Å². The van der Waals surface area contributed by atoms with E-state index in [1.165, 1.54) is 14.0 Å². The Kier molecular flexibility index (Phi) is 6.98. The Morgan fingerprint density at radius 3 is 2.50 bits per heavy atom. The van der Waals surface area contributed by atoms with Crippen molar-refractivity contribution in [1.29, 1.82) is 0 Å². The van der Waals surface area contributed by atoms with Crippen LogP contribution in [-0.2, 0) is 14.3 Å². The summed E-state index contributed by atoms with van der Waals surface area (Å²) in [7, 11) is 1.28. The van der Waals surface area contributed by atoms with Crippen molar-refractivity contribution in [3.63, 3.8) is 0 Å². The summed E-state index contributed by atoms with van der Waals surface area (Å²) in [6.45, 7) is 6.91. The Morgan fingerprint density at radius 2 is 1.86 bits per heavy atom. The van der Waals surface area contributed by atoms with Crippen molar-refractivity contribution in [2.75, 3.05) is 13.7 Å². The van der Waals surface area contributed by atoms with E-state index < -0.39 is 23.8 Å². The van der Waals surface area contributed by atoms with Crippen LogP contribution >= 0.6 is 0 Å². The topological polar surface area (TPSA) is 94.7 Å². The lowest BCUT2D eigenvalue weighted by Crippen LogP contribution is -2.26. The van der Waals surface area contributed by atoms with E-state index in [4.69, 9.17) is 14.2 Å². The molecule has 0 radical (unpaired) electrons. The van der Waals surface area contributed by atoms with Crippen LogP contribution in [0.5, 0.6) is 5.75 Å². The fourth-order valence-corrected chi connectivity index (χ4v) is 2.87. The molecule has 7 heteroatoms. The van der Waals surface area contributed by atoms with Crippen LogP contribution in [0.4, 0.5) is 0 Å². The number of carbonyl (C=O) groups is 3. The van der Waals surface area contributed by atoms with E-state index in [1.54, 1.807) is 19.9 Å². The van der Waals surface area contributed by atoms with Gasteiger partial charge in [-0.1, -0.05) is 12.1 Å². The highest BCUT2D eigenvalue weighted by Crippen LogP contribution is 2.21. The molecule has 1 aromatic heterocycles. The summed E-state index contributed by atoms with van der Waals surface area (Å²) in [5.74, 6) is -0.806. The van der Waals surface area contributed by atoms with E-state index in [0.717, 1.165) is 5.56 Å². The van der Waals surface area contributed by atoms with Crippen molar-refractivity contribution < 1.29 is 28.6 Å². The number of aromatic amines is 1. The van der Waals surface area contributed by atoms with E-state index >= 15 is 0 Å². The first-order valence-corrected chi connectivity index (χ1v) is 8.95. The van der Waals surface area contributed by atoms with Crippen molar-refractivity contribution in [1.82, 2.24) is 4.98 Å². The molecular weight excluding hydrogens is 362 g/mol. The highest BCUT2D eigenvalue weighted by molar-refractivity contribution is 6.03. The van der Waals surface area contributed by atoms with Crippen molar-refractivity contribution >= 4 is 17.7 Å². The van der Waals surface area contributed by atoms with Crippen molar-refractivity contribution in [3.05, 3.63) is 52.3 Å². The zero-order chi connectivity index (χ0) is 20.8. The van der Waals surface area contributed by atoms with Crippen LogP contribution in [0.3, 0.4) is 0 Å². The first kappa shape index (κ1) is 21.2. The van der Waals surface area contributed by atoms with E-state index in [9.17, 15) is 14.4 Å². The standard InChI is InChI=1S/C21H25NO6/c1-12-7-6-8-16(11-12)27-10-9-17(23)28-15(4)20(24)19-13(2)18(14(3)22-19)21(25)26-5/h6-8,11,15,22H,9-10H2,1-5H3/t15-/m1/s1. The van der Waals surface area contributed by atoms with Gasteiger partial charge in [0.15, 0.2) is 6.10 Å². The van der Waals surface area contributed by atoms with Gasteiger partial charge in [0.25, 0.3) is 0 Å². The van der Waals surface area contributed by atoms with E-state index in [0.29, 0.717) is 22.6 Å². The second-order valence-electron chi connectivity index (χ2n) is 6.53.